The minimum Gasteiger partial charge on any atom is -0.476 e. The molecule has 0 saturated heterocycles. The summed E-state index contributed by atoms with van der Waals surface area (Å²) in [6, 6.07) is 11.2. The molecule has 2 aromatic carbocycles. The molecule has 120 valence electrons. The highest BCUT2D eigenvalue weighted by Gasteiger charge is 2.30. The molecule has 1 fully saturated rings. The largest absolute Gasteiger partial charge is 0.476 e. The van der Waals surface area contributed by atoms with Gasteiger partial charge in [0, 0.05) is 16.6 Å². The van der Waals surface area contributed by atoms with Crippen LogP contribution in [0.3, 0.4) is 0 Å². The lowest BCUT2D eigenvalue weighted by Crippen LogP contribution is -2.34. The fraction of sp³-hybridized carbons (Fsp3) is 0.278. The summed E-state index contributed by atoms with van der Waals surface area (Å²) >= 11 is 5.95. The Morgan fingerprint density at radius 3 is 2.57 bits per heavy atom. The predicted molar refractivity (Wildman–Crippen MR) is 87.1 cm³/mol. The number of halogens is 2. The molecule has 0 spiro atoms. The monoisotopic (exact) mass is 333 g/mol. The van der Waals surface area contributed by atoms with E-state index in [4.69, 9.17) is 16.3 Å². The van der Waals surface area contributed by atoms with Crippen LogP contribution in [0.1, 0.15) is 30.1 Å². The molecule has 0 bridgehead atoms. The molecule has 1 saturated carbocycles. The average Bonchev–Trinajstić information content (AvgIpc) is 3.31. The molecule has 0 heterocycles. The first kappa shape index (κ1) is 15.8. The fourth-order valence-electron chi connectivity index (χ4n) is 2.29. The lowest BCUT2D eigenvalue weighted by molar-refractivity contribution is -0.128. The first-order valence-corrected chi connectivity index (χ1v) is 7.89. The van der Waals surface area contributed by atoms with Crippen molar-refractivity contribution in [2.75, 3.05) is 0 Å². The number of amides is 1. The SMILES string of the molecule is Cc1cc(Cl)ccc1O[C@H](C(=O)NC1CC1)c1ccc(F)cc1. The third-order valence-corrected chi connectivity index (χ3v) is 3.95. The summed E-state index contributed by atoms with van der Waals surface area (Å²) in [5, 5.41) is 3.54. The second-order valence-corrected chi connectivity index (χ2v) is 6.18. The molecule has 0 radical (unpaired) electrons. The quantitative estimate of drug-likeness (QED) is 0.891. The number of nitrogens with one attached hydrogen (secondary N) is 1. The smallest absolute Gasteiger partial charge is 0.266 e. The summed E-state index contributed by atoms with van der Waals surface area (Å²) in [4.78, 5) is 12.5. The van der Waals surface area contributed by atoms with Crippen LogP contribution in [0.4, 0.5) is 4.39 Å². The molecule has 0 unspecified atom stereocenters. The van der Waals surface area contributed by atoms with Crippen LogP contribution < -0.4 is 10.1 Å². The summed E-state index contributed by atoms with van der Waals surface area (Å²) in [5.74, 6) is 0.0147. The molecule has 1 atom stereocenters. The number of hydrogen-bond donors (Lipinski definition) is 1. The molecule has 1 aliphatic carbocycles. The molecule has 1 amide bonds. The van der Waals surface area contributed by atoms with Crippen LogP contribution in [-0.4, -0.2) is 11.9 Å². The van der Waals surface area contributed by atoms with Crippen LogP contribution >= 0.6 is 11.6 Å². The maximum Gasteiger partial charge on any atom is 0.266 e. The van der Waals surface area contributed by atoms with Gasteiger partial charge < -0.3 is 10.1 Å². The lowest BCUT2D eigenvalue weighted by Gasteiger charge is -2.20. The van der Waals surface area contributed by atoms with E-state index in [2.05, 4.69) is 5.32 Å². The van der Waals surface area contributed by atoms with Crippen molar-refractivity contribution in [2.45, 2.75) is 31.9 Å². The summed E-state index contributed by atoms with van der Waals surface area (Å²) < 4.78 is 19.1. The van der Waals surface area contributed by atoms with Crippen molar-refractivity contribution in [3.05, 3.63) is 64.4 Å². The van der Waals surface area contributed by atoms with Gasteiger partial charge in [-0.15, -0.1) is 0 Å². The normalized spacial score (nSPS) is 15.1. The summed E-state index contributed by atoms with van der Waals surface area (Å²) in [6.07, 6.45) is 1.15. The predicted octanol–water partition coefficient (Wildman–Crippen LogP) is 4.19. The Labute approximate surface area is 139 Å². The van der Waals surface area contributed by atoms with Gasteiger partial charge in [0.1, 0.15) is 11.6 Å². The van der Waals surface area contributed by atoms with Crippen LogP contribution in [0.2, 0.25) is 5.02 Å². The first-order valence-electron chi connectivity index (χ1n) is 7.51. The molecule has 2 aromatic rings. The number of rotatable bonds is 5. The van der Waals surface area contributed by atoms with E-state index < -0.39 is 6.10 Å². The molecule has 5 heteroatoms. The third-order valence-electron chi connectivity index (χ3n) is 3.72. The van der Waals surface area contributed by atoms with Gasteiger partial charge in [-0.1, -0.05) is 23.7 Å². The van der Waals surface area contributed by atoms with E-state index in [0.717, 1.165) is 18.4 Å². The summed E-state index contributed by atoms with van der Waals surface area (Å²) in [6.45, 7) is 1.86. The standard InChI is InChI=1S/C18H17ClFNO2/c1-11-10-13(19)4-9-16(11)23-17(18(22)21-15-7-8-15)12-2-5-14(20)6-3-12/h2-6,9-10,15,17H,7-8H2,1H3,(H,21,22)/t17-/m0/s1. The van der Waals surface area contributed by atoms with Gasteiger partial charge >= 0.3 is 0 Å². The number of aryl methyl sites for hydroxylation is 1. The van der Waals surface area contributed by atoms with Crippen LogP contribution in [0, 0.1) is 12.7 Å². The topological polar surface area (TPSA) is 38.3 Å². The van der Waals surface area contributed by atoms with Crippen LogP contribution in [0.5, 0.6) is 5.75 Å². The third kappa shape index (κ3) is 4.02. The Morgan fingerprint density at radius 1 is 1.26 bits per heavy atom. The summed E-state index contributed by atoms with van der Waals surface area (Å²) in [7, 11) is 0. The van der Waals surface area contributed by atoms with Crippen molar-refractivity contribution >= 4 is 17.5 Å². The second-order valence-electron chi connectivity index (χ2n) is 5.74. The Balaban J connectivity index is 1.87. The van der Waals surface area contributed by atoms with Gasteiger partial charge in [-0.2, -0.15) is 0 Å². The Bertz CT molecular complexity index is 713. The average molecular weight is 334 g/mol. The highest BCUT2D eigenvalue weighted by molar-refractivity contribution is 6.30. The van der Waals surface area contributed by atoms with Gasteiger partial charge in [-0.05, 0) is 55.7 Å². The molecular formula is C18H17ClFNO2. The zero-order valence-electron chi connectivity index (χ0n) is 12.7. The van der Waals surface area contributed by atoms with E-state index in [0.29, 0.717) is 16.3 Å². The van der Waals surface area contributed by atoms with Crippen molar-refractivity contribution in [3.8, 4) is 5.75 Å². The summed E-state index contributed by atoms with van der Waals surface area (Å²) in [5.41, 5.74) is 1.45. The second kappa shape index (κ2) is 6.59. The number of ether oxygens (including phenoxy) is 1. The molecule has 3 rings (SSSR count). The molecule has 1 aliphatic rings. The van der Waals surface area contributed by atoms with Crippen LogP contribution in [0.25, 0.3) is 0 Å². The van der Waals surface area contributed by atoms with Gasteiger partial charge in [0.2, 0.25) is 6.10 Å². The lowest BCUT2D eigenvalue weighted by atomic mass is 10.1. The first-order chi connectivity index (χ1) is 11.0. The van der Waals surface area contributed by atoms with Crippen molar-refractivity contribution in [1.29, 1.82) is 0 Å². The maximum absolute atomic E-state index is 13.2. The maximum atomic E-state index is 13.2. The zero-order valence-corrected chi connectivity index (χ0v) is 13.4. The molecular weight excluding hydrogens is 317 g/mol. The van der Waals surface area contributed by atoms with Gasteiger partial charge in [0.05, 0.1) is 0 Å². The van der Waals surface area contributed by atoms with Crippen molar-refractivity contribution in [2.24, 2.45) is 0 Å². The van der Waals surface area contributed by atoms with E-state index in [1.54, 1.807) is 30.3 Å². The number of benzene rings is 2. The van der Waals surface area contributed by atoms with Crippen molar-refractivity contribution in [3.63, 3.8) is 0 Å². The Morgan fingerprint density at radius 2 is 1.96 bits per heavy atom. The van der Waals surface area contributed by atoms with E-state index in [9.17, 15) is 9.18 Å². The number of hydrogen-bond acceptors (Lipinski definition) is 2. The van der Waals surface area contributed by atoms with E-state index in [-0.39, 0.29) is 17.8 Å². The minimum atomic E-state index is -0.823. The van der Waals surface area contributed by atoms with Crippen molar-refractivity contribution in [1.82, 2.24) is 5.32 Å². The van der Waals surface area contributed by atoms with Crippen LogP contribution in [0.15, 0.2) is 42.5 Å². The molecule has 1 N–H and O–H groups in total. The van der Waals surface area contributed by atoms with Crippen molar-refractivity contribution < 1.29 is 13.9 Å². The van der Waals surface area contributed by atoms with E-state index in [1.807, 2.05) is 6.92 Å². The van der Waals surface area contributed by atoms with Gasteiger partial charge in [0.15, 0.2) is 0 Å². The number of carbonyl (C=O) groups is 1. The molecule has 0 aromatic heterocycles. The zero-order chi connectivity index (χ0) is 16.4. The highest BCUT2D eigenvalue weighted by Crippen LogP contribution is 2.29. The fourth-order valence-corrected chi connectivity index (χ4v) is 2.51. The van der Waals surface area contributed by atoms with Gasteiger partial charge in [-0.3, -0.25) is 4.79 Å². The van der Waals surface area contributed by atoms with Gasteiger partial charge in [0.25, 0.3) is 5.91 Å². The van der Waals surface area contributed by atoms with Gasteiger partial charge in [-0.25, -0.2) is 4.39 Å². The minimum absolute atomic E-state index is 0.214. The molecule has 3 nitrogen and oxygen atoms in total. The Hall–Kier alpha value is -2.07. The Kier molecular flexibility index (Phi) is 4.53. The van der Waals surface area contributed by atoms with Crippen LogP contribution in [-0.2, 0) is 4.79 Å². The van der Waals surface area contributed by atoms with E-state index >= 15 is 0 Å². The molecule has 23 heavy (non-hydrogen) atoms. The van der Waals surface area contributed by atoms with E-state index in [1.165, 1.54) is 12.1 Å². The highest BCUT2D eigenvalue weighted by atomic mass is 35.5. The number of carbonyl (C=O) groups excluding carboxylic acids is 1. The molecule has 0 aliphatic heterocycles.